The molecular formula is C7H8IN5. The Labute approximate surface area is 88.8 Å². The van der Waals surface area contributed by atoms with Gasteiger partial charge in [0, 0.05) is 0 Å². The minimum absolute atomic E-state index is 0.504. The molecular weight excluding hydrogens is 281 g/mol. The van der Waals surface area contributed by atoms with Gasteiger partial charge in [-0.05, 0) is 6.42 Å². The highest BCUT2D eigenvalue weighted by molar-refractivity contribution is 14.1. The van der Waals surface area contributed by atoms with Crippen molar-refractivity contribution in [3.8, 4) is 0 Å². The van der Waals surface area contributed by atoms with Crippen molar-refractivity contribution in [3.63, 3.8) is 0 Å². The first-order valence-corrected chi connectivity index (χ1v) is 4.84. The highest BCUT2D eigenvalue weighted by Crippen LogP contribution is 2.22. The van der Waals surface area contributed by atoms with E-state index in [-0.39, 0.29) is 0 Å². The second-order valence-corrected chi connectivity index (χ2v) is 3.53. The molecule has 0 saturated carbocycles. The zero-order chi connectivity index (χ0) is 9.42. The predicted molar refractivity (Wildman–Crippen MR) is 58.5 cm³/mol. The molecule has 0 atom stereocenters. The molecule has 0 spiro atoms. The van der Waals surface area contributed by atoms with E-state index in [1.807, 2.05) is 6.92 Å². The summed E-state index contributed by atoms with van der Waals surface area (Å²) in [4.78, 5) is 8.05. The lowest BCUT2D eigenvalue weighted by molar-refractivity contribution is 0.966. The summed E-state index contributed by atoms with van der Waals surface area (Å²) in [5.74, 6) is 0.504. The number of hydrogen-bond acceptors (Lipinski definition) is 4. The molecule has 0 amide bonds. The second-order valence-electron chi connectivity index (χ2n) is 2.62. The normalized spacial score (nSPS) is 10.9. The third-order valence-corrected chi connectivity index (χ3v) is 2.54. The van der Waals surface area contributed by atoms with Crippen LogP contribution in [-0.4, -0.2) is 18.0 Å². The summed E-state index contributed by atoms with van der Waals surface area (Å²) in [5, 5.41) is 5.16. The molecule has 0 aliphatic carbocycles. The van der Waals surface area contributed by atoms with Crippen molar-refractivity contribution in [2.24, 2.45) is 0 Å². The average Bonchev–Trinajstić information content (AvgIpc) is 2.45. The molecule has 0 unspecified atom stereocenters. The molecule has 0 aliphatic heterocycles. The van der Waals surface area contributed by atoms with Gasteiger partial charge in [0.2, 0.25) is 0 Å². The number of anilines is 1. The molecule has 13 heavy (non-hydrogen) atoms. The summed E-state index contributed by atoms with van der Waals surface area (Å²) >= 11 is 2.08. The van der Waals surface area contributed by atoms with Gasteiger partial charge < -0.3 is 5.73 Å². The predicted octanol–water partition coefficient (Wildman–Crippen LogP) is 1.17. The van der Waals surface area contributed by atoms with Gasteiger partial charge in [0.15, 0.2) is 5.65 Å². The molecule has 0 saturated heterocycles. The van der Waals surface area contributed by atoms with Gasteiger partial charge in [-0.2, -0.15) is 7.99 Å². The van der Waals surface area contributed by atoms with Crippen LogP contribution in [0.2, 0.25) is 0 Å². The van der Waals surface area contributed by atoms with E-state index < -0.39 is 0 Å². The highest BCUT2D eigenvalue weighted by Gasteiger charge is 2.11. The van der Waals surface area contributed by atoms with Crippen LogP contribution in [0, 0.1) is 0 Å². The highest BCUT2D eigenvalue weighted by atomic mass is 127. The average molecular weight is 289 g/mol. The van der Waals surface area contributed by atoms with E-state index in [4.69, 9.17) is 5.73 Å². The molecule has 5 nitrogen and oxygen atoms in total. The maximum Gasteiger partial charge on any atom is 0.173 e. The summed E-state index contributed by atoms with van der Waals surface area (Å²) in [7, 11) is 0. The molecule has 0 bridgehead atoms. The van der Waals surface area contributed by atoms with Gasteiger partial charge >= 0.3 is 0 Å². The van der Waals surface area contributed by atoms with Crippen LogP contribution in [-0.2, 0) is 6.42 Å². The molecule has 2 N–H and O–H groups in total. The number of halogens is 1. The second kappa shape index (κ2) is 3.09. The van der Waals surface area contributed by atoms with Crippen LogP contribution in [0.5, 0.6) is 0 Å². The molecule has 68 valence electrons. The monoisotopic (exact) mass is 289 g/mol. The number of hydrogen-bond donors (Lipinski definition) is 1. The smallest absolute Gasteiger partial charge is 0.173 e. The standard InChI is InChI=1S/C7H8IN5/c1-2-4-5-6(9)10-3-11-7(5)13(8)12-4/h3H,2H2,1H3,(H2,9,10,11). The fraction of sp³-hybridized carbons (Fsp3) is 0.286. The van der Waals surface area contributed by atoms with Crippen LogP contribution >= 0.6 is 22.9 Å². The lowest BCUT2D eigenvalue weighted by Gasteiger charge is -1.94. The lowest BCUT2D eigenvalue weighted by atomic mass is 10.2. The summed E-state index contributed by atoms with van der Waals surface area (Å²) in [6.45, 7) is 2.03. The Morgan fingerprint density at radius 3 is 3.00 bits per heavy atom. The Kier molecular flexibility index (Phi) is 2.06. The number of nitrogen functional groups attached to an aromatic ring is 1. The van der Waals surface area contributed by atoms with E-state index in [0.717, 1.165) is 23.1 Å². The molecule has 2 aromatic heterocycles. The Morgan fingerprint density at radius 1 is 1.54 bits per heavy atom. The van der Waals surface area contributed by atoms with E-state index in [2.05, 4.69) is 37.9 Å². The van der Waals surface area contributed by atoms with Crippen molar-refractivity contribution in [2.45, 2.75) is 13.3 Å². The van der Waals surface area contributed by atoms with E-state index in [1.54, 1.807) is 2.90 Å². The van der Waals surface area contributed by atoms with E-state index in [0.29, 0.717) is 5.82 Å². The van der Waals surface area contributed by atoms with Crippen molar-refractivity contribution in [2.75, 3.05) is 5.73 Å². The van der Waals surface area contributed by atoms with Crippen molar-refractivity contribution in [1.29, 1.82) is 0 Å². The molecule has 0 aliphatic rings. The van der Waals surface area contributed by atoms with Crippen LogP contribution in [0.25, 0.3) is 11.0 Å². The van der Waals surface area contributed by atoms with Crippen molar-refractivity contribution in [1.82, 2.24) is 18.0 Å². The van der Waals surface area contributed by atoms with Crippen LogP contribution in [0.1, 0.15) is 12.6 Å². The van der Waals surface area contributed by atoms with Gasteiger partial charge in [0.25, 0.3) is 0 Å². The number of nitrogens with zero attached hydrogens (tertiary/aromatic N) is 4. The quantitative estimate of drug-likeness (QED) is 0.800. The zero-order valence-corrected chi connectivity index (χ0v) is 9.19. The zero-order valence-electron chi connectivity index (χ0n) is 7.03. The van der Waals surface area contributed by atoms with E-state index in [1.165, 1.54) is 6.33 Å². The van der Waals surface area contributed by atoms with Crippen LogP contribution in [0.4, 0.5) is 5.82 Å². The fourth-order valence-corrected chi connectivity index (χ4v) is 1.88. The van der Waals surface area contributed by atoms with Crippen molar-refractivity contribution < 1.29 is 0 Å². The van der Waals surface area contributed by atoms with Gasteiger partial charge in [-0.3, -0.25) is 0 Å². The Morgan fingerprint density at radius 2 is 2.31 bits per heavy atom. The first-order chi connectivity index (χ1) is 6.24. The molecule has 0 radical (unpaired) electrons. The Bertz CT molecular complexity index is 449. The fourth-order valence-electron chi connectivity index (χ4n) is 1.26. The van der Waals surface area contributed by atoms with Crippen LogP contribution in [0.3, 0.4) is 0 Å². The summed E-state index contributed by atoms with van der Waals surface area (Å²) in [6, 6.07) is 0. The topological polar surface area (TPSA) is 69.6 Å². The van der Waals surface area contributed by atoms with Crippen molar-refractivity contribution in [3.05, 3.63) is 12.0 Å². The molecule has 0 aromatic carbocycles. The molecule has 2 aromatic rings. The SMILES string of the molecule is CCc1nn(I)c2ncnc(N)c12. The van der Waals surface area contributed by atoms with E-state index in [9.17, 15) is 0 Å². The van der Waals surface area contributed by atoms with Gasteiger partial charge in [0.1, 0.15) is 12.1 Å². The van der Waals surface area contributed by atoms with Gasteiger partial charge in [-0.15, -0.1) is 0 Å². The lowest BCUT2D eigenvalue weighted by Crippen LogP contribution is -1.93. The molecule has 6 heteroatoms. The maximum atomic E-state index is 5.74. The van der Waals surface area contributed by atoms with Crippen LogP contribution < -0.4 is 5.73 Å². The summed E-state index contributed by atoms with van der Waals surface area (Å²) < 4.78 is 1.70. The Hall–Kier alpha value is -0.920. The van der Waals surface area contributed by atoms with Crippen molar-refractivity contribution >= 4 is 39.7 Å². The molecule has 0 fully saturated rings. The molecule has 2 heterocycles. The minimum atomic E-state index is 0.504. The Balaban J connectivity index is 2.89. The number of rotatable bonds is 1. The van der Waals surface area contributed by atoms with Gasteiger partial charge in [-0.1, -0.05) is 6.92 Å². The maximum absolute atomic E-state index is 5.74. The number of nitrogens with two attached hydrogens (primary N) is 1. The first-order valence-electron chi connectivity index (χ1n) is 3.88. The van der Waals surface area contributed by atoms with Gasteiger partial charge in [-0.25, -0.2) is 9.97 Å². The van der Waals surface area contributed by atoms with Gasteiger partial charge in [0.05, 0.1) is 33.9 Å². The summed E-state index contributed by atoms with van der Waals surface area (Å²) in [6.07, 6.45) is 2.29. The number of aryl methyl sites for hydroxylation is 1. The van der Waals surface area contributed by atoms with Crippen LogP contribution in [0.15, 0.2) is 6.33 Å². The number of fused-ring (bicyclic) bond motifs is 1. The van der Waals surface area contributed by atoms with E-state index >= 15 is 0 Å². The minimum Gasteiger partial charge on any atom is -0.383 e. The largest absolute Gasteiger partial charge is 0.383 e. The number of aromatic nitrogens is 4. The molecule has 2 rings (SSSR count). The first kappa shape index (κ1) is 8.67. The third kappa shape index (κ3) is 1.25. The summed E-state index contributed by atoms with van der Waals surface area (Å²) in [5.41, 5.74) is 7.47. The third-order valence-electron chi connectivity index (χ3n) is 1.86.